The van der Waals surface area contributed by atoms with Crippen molar-refractivity contribution in [2.75, 3.05) is 13.1 Å². The highest BCUT2D eigenvalue weighted by atomic mass is 15.2. The van der Waals surface area contributed by atoms with E-state index in [0.717, 1.165) is 25.5 Å². The second-order valence-corrected chi connectivity index (χ2v) is 5.58. The van der Waals surface area contributed by atoms with Crippen molar-refractivity contribution in [3.05, 3.63) is 53.6 Å². The zero-order valence-corrected chi connectivity index (χ0v) is 12.0. The molecule has 1 unspecified atom stereocenters. The van der Waals surface area contributed by atoms with E-state index in [2.05, 4.69) is 50.5 Å². The van der Waals surface area contributed by atoms with E-state index < -0.39 is 0 Å². The quantitative estimate of drug-likeness (QED) is 0.874. The van der Waals surface area contributed by atoms with E-state index in [-0.39, 0.29) is 0 Å². The molecule has 20 heavy (non-hydrogen) atoms. The summed E-state index contributed by atoms with van der Waals surface area (Å²) in [7, 11) is 0. The molecule has 0 saturated carbocycles. The van der Waals surface area contributed by atoms with Crippen LogP contribution in [0.1, 0.15) is 23.5 Å². The number of H-pyrrole nitrogens is 1. The van der Waals surface area contributed by atoms with Crippen LogP contribution in [0, 0.1) is 6.92 Å². The first kappa shape index (κ1) is 13.3. The number of hydrogen-bond acceptors (Lipinski definition) is 3. The molecule has 1 aliphatic rings. The maximum absolute atomic E-state index is 4.23. The SMILES string of the molecule is Cc1ncc(CNC2CCN(Cc3ccccc3)C2)[nH]1. The van der Waals surface area contributed by atoms with Gasteiger partial charge in [0, 0.05) is 44.1 Å². The number of aromatic nitrogens is 2. The third-order valence-electron chi connectivity index (χ3n) is 3.86. The first-order valence-corrected chi connectivity index (χ1v) is 7.30. The number of nitrogens with zero attached hydrogens (tertiary/aromatic N) is 2. The molecule has 4 nitrogen and oxygen atoms in total. The predicted molar refractivity (Wildman–Crippen MR) is 80.3 cm³/mol. The molecule has 0 aliphatic carbocycles. The lowest BCUT2D eigenvalue weighted by atomic mass is 10.2. The summed E-state index contributed by atoms with van der Waals surface area (Å²) in [6.07, 6.45) is 3.14. The molecule has 1 saturated heterocycles. The van der Waals surface area contributed by atoms with Crippen LogP contribution in [0.3, 0.4) is 0 Å². The van der Waals surface area contributed by atoms with Crippen molar-refractivity contribution in [2.24, 2.45) is 0 Å². The number of imidazole rings is 1. The molecule has 1 aliphatic heterocycles. The van der Waals surface area contributed by atoms with E-state index in [9.17, 15) is 0 Å². The van der Waals surface area contributed by atoms with Gasteiger partial charge in [0.25, 0.3) is 0 Å². The van der Waals surface area contributed by atoms with Gasteiger partial charge in [-0.25, -0.2) is 4.98 Å². The van der Waals surface area contributed by atoms with Crippen LogP contribution >= 0.6 is 0 Å². The molecular weight excluding hydrogens is 248 g/mol. The minimum atomic E-state index is 0.585. The summed E-state index contributed by atoms with van der Waals surface area (Å²) >= 11 is 0. The Labute approximate surface area is 120 Å². The Morgan fingerprint density at radius 3 is 2.95 bits per heavy atom. The fraction of sp³-hybridized carbons (Fsp3) is 0.438. The van der Waals surface area contributed by atoms with Crippen molar-refractivity contribution >= 4 is 0 Å². The van der Waals surface area contributed by atoms with Crippen LogP contribution in [0.4, 0.5) is 0 Å². The van der Waals surface area contributed by atoms with Crippen molar-refractivity contribution in [3.63, 3.8) is 0 Å². The first-order chi connectivity index (χ1) is 9.79. The van der Waals surface area contributed by atoms with Gasteiger partial charge in [0.05, 0.1) is 0 Å². The van der Waals surface area contributed by atoms with E-state index in [0.29, 0.717) is 6.04 Å². The Morgan fingerprint density at radius 2 is 2.20 bits per heavy atom. The van der Waals surface area contributed by atoms with Crippen molar-refractivity contribution in [2.45, 2.75) is 32.5 Å². The third kappa shape index (κ3) is 3.46. The number of aromatic amines is 1. The molecular formula is C16H22N4. The van der Waals surface area contributed by atoms with Crippen LogP contribution in [0.25, 0.3) is 0 Å². The van der Waals surface area contributed by atoms with E-state index in [1.807, 2.05) is 13.1 Å². The minimum Gasteiger partial charge on any atom is -0.345 e. The van der Waals surface area contributed by atoms with Gasteiger partial charge in [-0.05, 0) is 18.9 Å². The summed E-state index contributed by atoms with van der Waals surface area (Å²) < 4.78 is 0. The Kier molecular flexibility index (Phi) is 4.14. The van der Waals surface area contributed by atoms with E-state index >= 15 is 0 Å². The van der Waals surface area contributed by atoms with Gasteiger partial charge in [-0.3, -0.25) is 4.90 Å². The highest BCUT2D eigenvalue weighted by Gasteiger charge is 2.21. The van der Waals surface area contributed by atoms with Crippen molar-refractivity contribution in [1.29, 1.82) is 0 Å². The number of hydrogen-bond donors (Lipinski definition) is 2. The molecule has 1 atom stereocenters. The summed E-state index contributed by atoms with van der Waals surface area (Å²) in [5.74, 6) is 0.985. The summed E-state index contributed by atoms with van der Waals surface area (Å²) in [6.45, 7) is 6.23. The second-order valence-electron chi connectivity index (χ2n) is 5.58. The van der Waals surface area contributed by atoms with Crippen molar-refractivity contribution in [1.82, 2.24) is 20.2 Å². The third-order valence-corrected chi connectivity index (χ3v) is 3.86. The number of nitrogens with one attached hydrogen (secondary N) is 2. The molecule has 2 N–H and O–H groups in total. The van der Waals surface area contributed by atoms with E-state index in [1.165, 1.54) is 24.2 Å². The molecule has 1 fully saturated rings. The number of likely N-dealkylation sites (tertiary alicyclic amines) is 1. The highest BCUT2D eigenvalue weighted by Crippen LogP contribution is 2.13. The van der Waals surface area contributed by atoms with Crippen molar-refractivity contribution < 1.29 is 0 Å². The van der Waals surface area contributed by atoms with E-state index in [4.69, 9.17) is 0 Å². The number of rotatable bonds is 5. The molecule has 0 amide bonds. The number of benzene rings is 1. The van der Waals surface area contributed by atoms with Gasteiger partial charge in [-0.2, -0.15) is 0 Å². The fourth-order valence-electron chi connectivity index (χ4n) is 2.80. The van der Waals surface area contributed by atoms with E-state index in [1.54, 1.807) is 0 Å². The summed E-state index contributed by atoms with van der Waals surface area (Å²) in [6, 6.07) is 11.3. The molecule has 4 heteroatoms. The lowest BCUT2D eigenvalue weighted by molar-refractivity contribution is 0.320. The van der Waals surface area contributed by atoms with Gasteiger partial charge in [0.1, 0.15) is 5.82 Å². The molecule has 1 aromatic carbocycles. The Bertz CT molecular complexity index is 534. The van der Waals surface area contributed by atoms with Gasteiger partial charge >= 0.3 is 0 Å². The topological polar surface area (TPSA) is 44.0 Å². The Morgan fingerprint density at radius 1 is 1.35 bits per heavy atom. The molecule has 2 heterocycles. The molecule has 106 valence electrons. The largest absolute Gasteiger partial charge is 0.345 e. The molecule has 0 radical (unpaired) electrons. The van der Waals surface area contributed by atoms with Crippen LogP contribution in [0.5, 0.6) is 0 Å². The van der Waals surface area contributed by atoms with Crippen molar-refractivity contribution in [3.8, 4) is 0 Å². The fourth-order valence-corrected chi connectivity index (χ4v) is 2.80. The summed E-state index contributed by atoms with van der Waals surface area (Å²) in [4.78, 5) is 10.0. The predicted octanol–water partition coefficient (Wildman–Crippen LogP) is 2.08. The first-order valence-electron chi connectivity index (χ1n) is 7.30. The molecule has 0 bridgehead atoms. The van der Waals surface area contributed by atoms with Crippen LogP contribution in [0.15, 0.2) is 36.5 Å². The zero-order valence-electron chi connectivity index (χ0n) is 12.0. The standard InChI is InChI=1S/C16H22N4/c1-13-17-9-16(19-13)10-18-15-7-8-20(12-15)11-14-5-3-2-4-6-14/h2-6,9,15,18H,7-8,10-12H2,1H3,(H,17,19). The second kappa shape index (κ2) is 6.20. The summed E-state index contributed by atoms with van der Waals surface area (Å²) in [5.41, 5.74) is 2.57. The van der Waals surface area contributed by atoms with Crippen LogP contribution < -0.4 is 5.32 Å². The minimum absolute atomic E-state index is 0.585. The summed E-state index contributed by atoms with van der Waals surface area (Å²) in [5, 5.41) is 3.61. The van der Waals surface area contributed by atoms with Crippen LogP contribution in [-0.4, -0.2) is 34.0 Å². The smallest absolute Gasteiger partial charge is 0.103 e. The van der Waals surface area contributed by atoms with Crippen LogP contribution in [-0.2, 0) is 13.1 Å². The average Bonchev–Trinajstić information content (AvgIpc) is 3.07. The highest BCUT2D eigenvalue weighted by molar-refractivity contribution is 5.14. The van der Waals surface area contributed by atoms with Gasteiger partial charge in [-0.15, -0.1) is 0 Å². The monoisotopic (exact) mass is 270 g/mol. The maximum atomic E-state index is 4.23. The Balaban J connectivity index is 1.45. The van der Waals surface area contributed by atoms with Gasteiger partial charge < -0.3 is 10.3 Å². The molecule has 1 aromatic heterocycles. The Hall–Kier alpha value is -1.65. The lowest BCUT2D eigenvalue weighted by Crippen LogP contribution is -2.32. The van der Waals surface area contributed by atoms with Crippen LogP contribution in [0.2, 0.25) is 0 Å². The molecule has 0 spiro atoms. The van der Waals surface area contributed by atoms with Gasteiger partial charge in [0.2, 0.25) is 0 Å². The molecule has 3 rings (SSSR count). The lowest BCUT2D eigenvalue weighted by Gasteiger charge is -2.16. The number of aryl methyl sites for hydroxylation is 1. The average molecular weight is 270 g/mol. The van der Waals surface area contributed by atoms with Gasteiger partial charge in [-0.1, -0.05) is 30.3 Å². The molecule has 2 aromatic rings. The normalized spacial score (nSPS) is 19.6. The van der Waals surface area contributed by atoms with Gasteiger partial charge in [0.15, 0.2) is 0 Å². The zero-order chi connectivity index (χ0) is 13.8. The maximum Gasteiger partial charge on any atom is 0.103 e.